The molecule has 0 aliphatic carbocycles. The minimum absolute atomic E-state index is 0.687. The maximum Gasteiger partial charge on any atom is 0.164 e. The number of aromatic nitrogens is 12. The van der Waals surface area contributed by atoms with Gasteiger partial charge in [-0.15, -0.1) is 0 Å². The molecule has 0 aliphatic rings. The Morgan fingerprint density at radius 1 is 0.265 bits per heavy atom. The first-order chi connectivity index (χ1) is 33.6. The van der Waals surface area contributed by atoms with Crippen LogP contribution in [0.15, 0.2) is 195 Å². The normalized spacial score (nSPS) is 11.7. The third-order valence-electron chi connectivity index (χ3n) is 12.6. The Morgan fingerprint density at radius 3 is 0.706 bits per heavy atom. The lowest BCUT2D eigenvalue weighted by Crippen LogP contribution is -2.11. The Bertz CT molecular complexity index is 3520. The van der Waals surface area contributed by atoms with Gasteiger partial charge in [0.05, 0.1) is 0 Å². The summed E-state index contributed by atoms with van der Waals surface area (Å²) in [6, 6.07) is 56.9. The van der Waals surface area contributed by atoms with Crippen LogP contribution in [0.2, 0.25) is 0 Å². The lowest BCUT2D eigenvalue weighted by Gasteiger charge is -2.25. The van der Waals surface area contributed by atoms with Crippen molar-refractivity contribution in [2.24, 2.45) is 0 Å². The van der Waals surface area contributed by atoms with Crippen molar-refractivity contribution in [2.45, 2.75) is 13.8 Å². The molecular weight excluding hydrogens is 841 g/mol. The average molecular weight is 879 g/mol. The number of hydrogen-bond donors (Lipinski definition) is 0. The van der Waals surface area contributed by atoms with Crippen LogP contribution in [0.1, 0.15) is 11.1 Å². The largest absolute Gasteiger partial charge is 0.277 e. The second-order valence-electron chi connectivity index (χ2n) is 16.6. The number of benzene rings is 5. The van der Waals surface area contributed by atoms with Crippen molar-refractivity contribution >= 4 is 44.7 Å². The van der Waals surface area contributed by atoms with Crippen LogP contribution >= 0.6 is 0 Å². The van der Waals surface area contributed by atoms with Gasteiger partial charge in [-0.1, -0.05) is 72.8 Å². The van der Waals surface area contributed by atoms with Crippen LogP contribution in [0.5, 0.6) is 0 Å². The van der Waals surface area contributed by atoms with E-state index < -0.39 is 0 Å². The van der Waals surface area contributed by atoms with Gasteiger partial charge < -0.3 is 0 Å². The standard InChI is InChI=1S/C56H38N12/c1-35-45(53-61-41-27-15-31-57-49(41)65(53)37-19-7-3-8-20-37)47(55-63-43-29-17-33-59-51(43)67(55)39-23-11-5-12-24-39)36(2)48(56-64-44-30-18-34-60-52(44)68(56)40-25-13-6-14-26-40)46(35)54-62-42-28-16-32-58-50(42)66(54)38-21-9-4-10-22-38/h3-34H,1-2H3. The lowest BCUT2D eigenvalue weighted by molar-refractivity contribution is 1.04. The van der Waals surface area contributed by atoms with Crippen molar-refractivity contribution < 1.29 is 0 Å². The van der Waals surface area contributed by atoms with E-state index in [9.17, 15) is 0 Å². The summed E-state index contributed by atoms with van der Waals surface area (Å²) in [7, 11) is 0. The highest BCUT2D eigenvalue weighted by Gasteiger charge is 2.35. The zero-order valence-corrected chi connectivity index (χ0v) is 36.8. The molecule has 0 aliphatic heterocycles. The zero-order valence-electron chi connectivity index (χ0n) is 36.8. The molecule has 0 bridgehead atoms. The van der Waals surface area contributed by atoms with Crippen molar-refractivity contribution in [1.82, 2.24) is 58.1 Å². The highest BCUT2D eigenvalue weighted by Crippen LogP contribution is 2.50. The van der Waals surface area contributed by atoms with E-state index in [0.717, 1.165) is 101 Å². The summed E-state index contributed by atoms with van der Waals surface area (Å²) in [5.41, 5.74) is 14.7. The van der Waals surface area contributed by atoms with Crippen LogP contribution in [0, 0.1) is 13.8 Å². The fourth-order valence-electron chi connectivity index (χ4n) is 9.73. The number of hydrogen-bond acceptors (Lipinski definition) is 8. The van der Waals surface area contributed by atoms with E-state index in [1.165, 1.54) is 0 Å². The summed E-state index contributed by atoms with van der Waals surface area (Å²) in [4.78, 5) is 42.1. The van der Waals surface area contributed by atoms with E-state index in [0.29, 0.717) is 23.3 Å². The first kappa shape index (κ1) is 39.0. The van der Waals surface area contributed by atoms with Gasteiger partial charge in [-0.05, 0) is 122 Å². The highest BCUT2D eigenvalue weighted by atomic mass is 15.2. The van der Waals surface area contributed by atoms with Crippen molar-refractivity contribution in [1.29, 1.82) is 0 Å². The predicted octanol–water partition coefficient (Wildman–Crippen LogP) is 11.9. The van der Waals surface area contributed by atoms with Crippen LogP contribution in [-0.2, 0) is 0 Å². The monoisotopic (exact) mass is 878 g/mol. The third-order valence-corrected chi connectivity index (χ3v) is 12.6. The van der Waals surface area contributed by atoms with E-state index in [2.05, 4.69) is 80.6 Å². The van der Waals surface area contributed by atoms with Crippen molar-refractivity contribution in [2.75, 3.05) is 0 Å². The first-order valence-electron chi connectivity index (χ1n) is 22.4. The van der Waals surface area contributed by atoms with Gasteiger partial charge in [-0.3, -0.25) is 18.3 Å². The Kier molecular flexibility index (Phi) is 8.96. The van der Waals surface area contributed by atoms with Crippen molar-refractivity contribution in [3.63, 3.8) is 0 Å². The Labute approximate surface area is 389 Å². The fourth-order valence-corrected chi connectivity index (χ4v) is 9.73. The van der Waals surface area contributed by atoms with Gasteiger partial charge in [0.1, 0.15) is 45.4 Å². The summed E-state index contributed by atoms with van der Waals surface area (Å²) >= 11 is 0. The molecule has 12 heteroatoms. The second-order valence-corrected chi connectivity index (χ2v) is 16.6. The van der Waals surface area contributed by atoms with Gasteiger partial charge in [-0.25, -0.2) is 39.9 Å². The molecule has 0 unspecified atom stereocenters. The lowest BCUT2D eigenvalue weighted by atomic mass is 9.85. The van der Waals surface area contributed by atoms with Crippen molar-refractivity contribution in [3.8, 4) is 68.3 Å². The molecule has 13 rings (SSSR count). The third kappa shape index (κ3) is 6.01. The minimum atomic E-state index is 0.687. The van der Waals surface area contributed by atoms with Crippen LogP contribution < -0.4 is 0 Å². The number of imidazole rings is 4. The molecular formula is C56H38N12. The molecule has 13 aromatic rings. The summed E-state index contributed by atoms with van der Waals surface area (Å²) in [5.74, 6) is 2.75. The first-order valence-corrected chi connectivity index (χ1v) is 22.4. The van der Waals surface area contributed by atoms with E-state index in [4.69, 9.17) is 39.9 Å². The van der Waals surface area contributed by atoms with Crippen LogP contribution in [0.3, 0.4) is 0 Å². The molecule has 0 saturated heterocycles. The van der Waals surface area contributed by atoms with E-state index in [1.54, 1.807) is 0 Å². The van der Waals surface area contributed by atoms with Gasteiger partial charge in [-0.2, -0.15) is 0 Å². The molecule has 0 fully saturated rings. The van der Waals surface area contributed by atoms with Gasteiger partial charge >= 0.3 is 0 Å². The predicted molar refractivity (Wildman–Crippen MR) is 267 cm³/mol. The number of para-hydroxylation sites is 4. The average Bonchev–Trinajstić information content (AvgIpc) is 4.18. The molecule has 0 radical (unpaired) electrons. The minimum Gasteiger partial charge on any atom is -0.277 e. The highest BCUT2D eigenvalue weighted by molar-refractivity contribution is 6.02. The number of fused-ring (bicyclic) bond motifs is 4. The molecule has 8 heterocycles. The number of pyridine rings is 4. The molecule has 0 amide bonds. The molecule has 0 saturated carbocycles. The maximum atomic E-state index is 5.54. The summed E-state index contributed by atoms with van der Waals surface area (Å²) in [6.45, 7) is 4.34. The van der Waals surface area contributed by atoms with Gasteiger partial charge in [0.25, 0.3) is 0 Å². The van der Waals surface area contributed by atoms with Gasteiger partial charge in [0, 0.05) is 69.8 Å². The fraction of sp³-hybridized carbons (Fsp3) is 0.0357. The molecule has 12 nitrogen and oxygen atoms in total. The molecule has 8 aromatic heterocycles. The molecule has 68 heavy (non-hydrogen) atoms. The zero-order chi connectivity index (χ0) is 45.3. The summed E-state index contributed by atoms with van der Waals surface area (Å²) in [6.07, 6.45) is 7.27. The van der Waals surface area contributed by atoms with E-state index in [-0.39, 0.29) is 0 Å². The molecule has 5 aromatic carbocycles. The molecule has 322 valence electrons. The van der Waals surface area contributed by atoms with Gasteiger partial charge in [0.15, 0.2) is 22.6 Å². The number of nitrogens with zero attached hydrogens (tertiary/aromatic N) is 12. The Balaban J connectivity index is 1.29. The summed E-state index contributed by atoms with van der Waals surface area (Å²) < 4.78 is 8.62. The van der Waals surface area contributed by atoms with E-state index >= 15 is 0 Å². The van der Waals surface area contributed by atoms with Crippen LogP contribution in [0.25, 0.3) is 113 Å². The van der Waals surface area contributed by atoms with Crippen molar-refractivity contribution in [3.05, 3.63) is 206 Å². The Morgan fingerprint density at radius 2 is 0.485 bits per heavy atom. The quantitative estimate of drug-likeness (QED) is 0.148. The SMILES string of the molecule is Cc1c(-c2nc3cccnc3n2-c2ccccc2)c(-c2nc3cccnc3n2-c2ccccc2)c(C)c(-c2nc3cccnc3n2-c2ccccc2)c1-c1nc2cccnc2n1-c1ccccc1. The summed E-state index contributed by atoms with van der Waals surface area (Å²) in [5, 5.41) is 0. The van der Waals surface area contributed by atoms with Gasteiger partial charge in [0.2, 0.25) is 0 Å². The smallest absolute Gasteiger partial charge is 0.164 e. The maximum absolute atomic E-state index is 5.54. The van der Waals surface area contributed by atoms with Crippen LogP contribution in [0.4, 0.5) is 0 Å². The second kappa shape index (κ2) is 15.6. The molecule has 0 atom stereocenters. The Hall–Kier alpha value is -9.42. The molecule has 0 spiro atoms. The topological polar surface area (TPSA) is 123 Å². The van der Waals surface area contributed by atoms with Crippen LogP contribution in [-0.4, -0.2) is 58.1 Å². The molecule has 0 N–H and O–H groups in total. The van der Waals surface area contributed by atoms with E-state index in [1.807, 2.05) is 146 Å². The number of rotatable bonds is 8.